The highest BCUT2D eigenvalue weighted by atomic mass is 32.2. The lowest BCUT2D eigenvalue weighted by molar-refractivity contribution is -0.139. The van der Waals surface area contributed by atoms with Crippen molar-refractivity contribution in [2.45, 2.75) is 57.1 Å². The zero-order valence-corrected chi connectivity index (χ0v) is 13.9. The number of hydrogen-bond donors (Lipinski definition) is 2. The Kier molecular flexibility index (Phi) is 5.07. The molecule has 0 aromatic heterocycles. The van der Waals surface area contributed by atoms with Gasteiger partial charge in [0, 0.05) is 23.6 Å². The van der Waals surface area contributed by atoms with E-state index < -0.39 is 5.41 Å². The average Bonchev–Trinajstić information content (AvgIpc) is 2.71. The first kappa shape index (κ1) is 16.5. The van der Waals surface area contributed by atoms with Crippen molar-refractivity contribution >= 4 is 23.5 Å². The number of oxime groups is 1. The fraction of sp³-hybridized carbons (Fsp3) is 0.867. The molecular formula is C15H27N3O2S. The summed E-state index contributed by atoms with van der Waals surface area (Å²) in [7, 11) is 0. The molecule has 2 rings (SSSR count). The highest BCUT2D eigenvalue weighted by Crippen LogP contribution is 2.39. The van der Waals surface area contributed by atoms with E-state index in [1.807, 2.05) is 16.7 Å². The average molecular weight is 313 g/mol. The molecule has 1 amide bonds. The number of hydrogen-bond acceptors (Lipinski definition) is 4. The van der Waals surface area contributed by atoms with Gasteiger partial charge in [0.15, 0.2) is 5.84 Å². The maximum absolute atomic E-state index is 13.2. The van der Waals surface area contributed by atoms with Gasteiger partial charge >= 0.3 is 0 Å². The van der Waals surface area contributed by atoms with E-state index in [1.165, 1.54) is 0 Å². The van der Waals surface area contributed by atoms with Crippen molar-refractivity contribution < 1.29 is 10.0 Å². The van der Waals surface area contributed by atoms with Crippen molar-refractivity contribution in [3.63, 3.8) is 0 Å². The maximum Gasteiger partial charge on any atom is 0.236 e. The van der Waals surface area contributed by atoms with Gasteiger partial charge in [0.1, 0.15) is 5.41 Å². The molecule has 0 aromatic carbocycles. The van der Waals surface area contributed by atoms with Crippen LogP contribution in [-0.4, -0.2) is 45.4 Å². The van der Waals surface area contributed by atoms with Crippen LogP contribution in [0.2, 0.25) is 0 Å². The fourth-order valence-electron chi connectivity index (χ4n) is 3.50. The summed E-state index contributed by atoms with van der Waals surface area (Å²) in [6.45, 7) is 5.82. The summed E-state index contributed by atoms with van der Waals surface area (Å²) in [6.07, 6.45) is 5.57. The van der Waals surface area contributed by atoms with E-state index in [-0.39, 0.29) is 16.5 Å². The number of thioether (sulfide) groups is 1. The smallest absolute Gasteiger partial charge is 0.236 e. The summed E-state index contributed by atoms with van der Waals surface area (Å²) in [5, 5.41) is 12.4. The fourth-order valence-corrected chi connectivity index (χ4v) is 4.61. The van der Waals surface area contributed by atoms with E-state index >= 15 is 0 Å². The molecule has 1 aliphatic carbocycles. The molecule has 0 atom stereocenters. The van der Waals surface area contributed by atoms with Crippen molar-refractivity contribution in [1.82, 2.24) is 4.90 Å². The molecule has 2 fully saturated rings. The number of nitrogens with zero attached hydrogens (tertiary/aromatic N) is 2. The molecule has 5 nitrogen and oxygen atoms in total. The van der Waals surface area contributed by atoms with Crippen molar-refractivity contribution in [2.75, 3.05) is 18.8 Å². The second-order valence-electron chi connectivity index (χ2n) is 6.82. The quantitative estimate of drug-likeness (QED) is 0.270. The van der Waals surface area contributed by atoms with Gasteiger partial charge in [0.2, 0.25) is 5.91 Å². The molecule has 0 aromatic rings. The summed E-state index contributed by atoms with van der Waals surface area (Å²) in [5.41, 5.74) is 5.19. The first-order chi connectivity index (χ1) is 9.91. The van der Waals surface area contributed by atoms with Crippen LogP contribution in [0.1, 0.15) is 52.4 Å². The van der Waals surface area contributed by atoms with E-state index in [2.05, 4.69) is 19.0 Å². The molecule has 6 heteroatoms. The van der Waals surface area contributed by atoms with Gasteiger partial charge in [-0.1, -0.05) is 30.8 Å². The number of amidine groups is 1. The molecule has 0 bridgehead atoms. The summed E-state index contributed by atoms with van der Waals surface area (Å²) >= 11 is 1.90. The minimum Gasteiger partial charge on any atom is -0.409 e. The number of amides is 1. The molecule has 1 aliphatic heterocycles. The first-order valence-corrected chi connectivity index (χ1v) is 8.81. The molecule has 2 aliphatic rings. The lowest BCUT2D eigenvalue weighted by atomic mass is 9.77. The first-order valence-electron chi connectivity index (χ1n) is 7.83. The topological polar surface area (TPSA) is 78.9 Å². The number of rotatable bonds is 2. The van der Waals surface area contributed by atoms with Crippen LogP contribution in [0.3, 0.4) is 0 Å². The third-order valence-corrected chi connectivity index (χ3v) is 5.97. The van der Waals surface area contributed by atoms with E-state index in [9.17, 15) is 10.0 Å². The van der Waals surface area contributed by atoms with Gasteiger partial charge in [-0.15, -0.1) is 0 Å². The summed E-state index contributed by atoms with van der Waals surface area (Å²) in [5.74, 6) is 1.11. The molecule has 3 N–H and O–H groups in total. The number of carbonyl (C=O) groups is 1. The molecular weight excluding hydrogens is 286 g/mol. The van der Waals surface area contributed by atoms with Crippen molar-refractivity contribution in [1.29, 1.82) is 0 Å². The van der Waals surface area contributed by atoms with Crippen LogP contribution in [0.4, 0.5) is 0 Å². The minimum absolute atomic E-state index is 0.0630. The zero-order valence-electron chi connectivity index (χ0n) is 13.1. The predicted molar refractivity (Wildman–Crippen MR) is 86.7 cm³/mol. The highest BCUT2D eigenvalue weighted by molar-refractivity contribution is 8.00. The third kappa shape index (κ3) is 3.47. The maximum atomic E-state index is 13.2. The van der Waals surface area contributed by atoms with E-state index in [4.69, 9.17) is 5.73 Å². The minimum atomic E-state index is -0.788. The molecule has 0 spiro atoms. The molecule has 1 saturated carbocycles. The summed E-state index contributed by atoms with van der Waals surface area (Å²) < 4.78 is 0.0744. The lowest BCUT2D eigenvalue weighted by Gasteiger charge is -2.42. The Labute approximate surface area is 131 Å². The molecule has 21 heavy (non-hydrogen) atoms. The van der Waals surface area contributed by atoms with Crippen LogP contribution in [0.5, 0.6) is 0 Å². The van der Waals surface area contributed by atoms with Gasteiger partial charge in [-0.25, -0.2) is 0 Å². The third-order valence-electron chi connectivity index (χ3n) is 4.68. The second kappa shape index (κ2) is 6.46. The van der Waals surface area contributed by atoms with Crippen LogP contribution in [0.25, 0.3) is 0 Å². The van der Waals surface area contributed by atoms with Crippen LogP contribution >= 0.6 is 11.8 Å². The Hall–Kier alpha value is -0.910. The van der Waals surface area contributed by atoms with Gasteiger partial charge in [-0.05, 0) is 26.7 Å². The Balaban J connectivity index is 2.25. The van der Waals surface area contributed by atoms with Crippen LogP contribution < -0.4 is 5.73 Å². The van der Waals surface area contributed by atoms with Gasteiger partial charge < -0.3 is 15.8 Å². The lowest BCUT2D eigenvalue weighted by Crippen LogP contribution is -2.55. The van der Waals surface area contributed by atoms with Gasteiger partial charge in [-0.2, -0.15) is 11.8 Å². The molecule has 0 unspecified atom stereocenters. The Morgan fingerprint density at radius 2 is 1.86 bits per heavy atom. The molecule has 120 valence electrons. The van der Waals surface area contributed by atoms with Crippen molar-refractivity contribution in [2.24, 2.45) is 16.3 Å². The summed E-state index contributed by atoms with van der Waals surface area (Å²) in [6, 6.07) is 0. The van der Waals surface area contributed by atoms with Crippen LogP contribution in [0, 0.1) is 5.41 Å². The normalized spacial score (nSPS) is 26.2. The van der Waals surface area contributed by atoms with Gasteiger partial charge in [-0.3, -0.25) is 4.79 Å². The Morgan fingerprint density at radius 3 is 2.38 bits per heavy atom. The van der Waals surface area contributed by atoms with Crippen LogP contribution in [0.15, 0.2) is 5.16 Å². The van der Waals surface area contributed by atoms with Gasteiger partial charge in [0.25, 0.3) is 0 Å². The van der Waals surface area contributed by atoms with Gasteiger partial charge in [0.05, 0.1) is 0 Å². The molecule has 0 radical (unpaired) electrons. The van der Waals surface area contributed by atoms with Crippen molar-refractivity contribution in [3.05, 3.63) is 0 Å². The monoisotopic (exact) mass is 313 g/mol. The SMILES string of the molecule is CC1(C)CN(C(=O)C2(C(N)=NO)CCCCCC2)CCS1. The zero-order chi connectivity index (χ0) is 15.5. The molecule has 1 heterocycles. The van der Waals surface area contributed by atoms with Crippen molar-refractivity contribution in [3.8, 4) is 0 Å². The predicted octanol–water partition coefficient (Wildman–Crippen LogP) is 2.43. The van der Waals surface area contributed by atoms with E-state index in [0.29, 0.717) is 12.8 Å². The van der Waals surface area contributed by atoms with Crippen LogP contribution in [-0.2, 0) is 4.79 Å². The largest absolute Gasteiger partial charge is 0.409 e. The number of carbonyl (C=O) groups excluding carboxylic acids is 1. The Bertz CT molecular complexity index is 415. The standard InChI is InChI=1S/C15H27N3O2S/c1-14(2)11-18(9-10-21-14)13(19)15(12(16)17-20)7-5-3-4-6-8-15/h20H,3-11H2,1-2H3,(H2,16,17). The van der Waals surface area contributed by atoms with E-state index in [1.54, 1.807) is 0 Å². The Morgan fingerprint density at radius 1 is 1.24 bits per heavy atom. The number of nitrogens with two attached hydrogens (primary N) is 1. The van der Waals surface area contributed by atoms with E-state index in [0.717, 1.165) is 44.5 Å². The highest BCUT2D eigenvalue weighted by Gasteiger charge is 2.46. The molecule has 1 saturated heterocycles. The second-order valence-corrected chi connectivity index (χ2v) is 8.62. The summed E-state index contributed by atoms with van der Waals surface area (Å²) in [4.78, 5) is 15.1.